The zero-order valence-electron chi connectivity index (χ0n) is 13.4. The van der Waals surface area contributed by atoms with Crippen LogP contribution in [0.25, 0.3) is 5.57 Å². The van der Waals surface area contributed by atoms with Crippen molar-refractivity contribution >= 4 is 23.1 Å². The van der Waals surface area contributed by atoms with Gasteiger partial charge in [0.1, 0.15) is 11.3 Å². The number of allylic oxidation sites excluding steroid dienone is 1. The number of β-amino-alcohol motifs (C(OH)–C–C–N with tert-alkyl or cyclic N) is 1. The van der Waals surface area contributed by atoms with Crippen molar-refractivity contribution in [3.63, 3.8) is 0 Å². The molecule has 1 aliphatic heterocycles. The van der Waals surface area contributed by atoms with Gasteiger partial charge in [-0.2, -0.15) is 15.4 Å². The monoisotopic (exact) mass is 346 g/mol. The van der Waals surface area contributed by atoms with Gasteiger partial charge in [-0.1, -0.05) is 29.8 Å². The van der Waals surface area contributed by atoms with Crippen molar-refractivity contribution in [1.29, 1.82) is 0 Å². The zero-order chi connectivity index (χ0) is 17.2. The number of rotatable bonds is 3. The maximum atomic E-state index is 12.6. The average molecular weight is 347 g/mol. The van der Waals surface area contributed by atoms with E-state index in [9.17, 15) is 9.90 Å². The van der Waals surface area contributed by atoms with Gasteiger partial charge in [-0.3, -0.25) is 4.79 Å². The Morgan fingerprint density at radius 3 is 2.96 bits per heavy atom. The maximum absolute atomic E-state index is 12.6. The molecule has 0 spiro atoms. The van der Waals surface area contributed by atoms with Crippen LogP contribution in [0.5, 0.6) is 0 Å². The number of aromatic amines is 1. The number of halogens is 1. The number of carbonyl (C=O) groups excluding carboxylic acids is 1. The smallest absolute Gasteiger partial charge is 0.246 e. The number of hydrogen-bond acceptors (Lipinski definition) is 4. The lowest BCUT2D eigenvalue weighted by Gasteiger charge is -2.37. The van der Waals surface area contributed by atoms with Crippen LogP contribution in [0, 0.1) is 0 Å². The summed E-state index contributed by atoms with van der Waals surface area (Å²) < 4.78 is 0. The van der Waals surface area contributed by atoms with Gasteiger partial charge in [0.15, 0.2) is 0 Å². The Morgan fingerprint density at radius 1 is 1.46 bits per heavy atom. The molecule has 1 unspecified atom stereocenters. The summed E-state index contributed by atoms with van der Waals surface area (Å²) in [6.07, 6.45) is 4.32. The molecule has 3 rings (SSSR count). The number of nitrogens with zero attached hydrogens (tertiary/aromatic N) is 3. The van der Waals surface area contributed by atoms with Gasteiger partial charge in [0.2, 0.25) is 5.91 Å². The molecule has 2 N–H and O–H groups in total. The third-order valence-corrected chi connectivity index (χ3v) is 4.64. The Morgan fingerprint density at radius 2 is 2.25 bits per heavy atom. The van der Waals surface area contributed by atoms with E-state index in [0.29, 0.717) is 30.1 Å². The normalized spacial score (nSPS) is 21.8. The lowest BCUT2D eigenvalue weighted by atomic mass is 9.90. The van der Waals surface area contributed by atoms with Crippen molar-refractivity contribution in [3.05, 3.63) is 52.8 Å². The molecule has 1 saturated heterocycles. The summed E-state index contributed by atoms with van der Waals surface area (Å²) in [5, 5.41) is 21.6. The molecule has 1 aliphatic rings. The molecule has 7 heteroatoms. The van der Waals surface area contributed by atoms with Crippen LogP contribution in [0.2, 0.25) is 5.02 Å². The minimum atomic E-state index is -1.16. The SMILES string of the molecule is C/C(=C\C(=O)N1CCCC(O)(c2cn[nH]n2)C1)c1ccccc1Cl. The number of aliphatic hydroxyl groups is 1. The van der Waals surface area contributed by atoms with Gasteiger partial charge in [-0.15, -0.1) is 0 Å². The van der Waals surface area contributed by atoms with Gasteiger partial charge < -0.3 is 10.0 Å². The van der Waals surface area contributed by atoms with Crippen molar-refractivity contribution in [1.82, 2.24) is 20.3 Å². The Labute approximate surface area is 145 Å². The molecule has 1 aromatic carbocycles. The van der Waals surface area contributed by atoms with Crippen molar-refractivity contribution in [2.45, 2.75) is 25.4 Å². The average Bonchev–Trinajstić information content (AvgIpc) is 3.10. The number of benzene rings is 1. The van der Waals surface area contributed by atoms with E-state index in [4.69, 9.17) is 11.6 Å². The Kier molecular flexibility index (Phi) is 4.69. The Bertz CT molecular complexity index is 760. The number of nitrogens with one attached hydrogen (secondary N) is 1. The molecule has 1 amide bonds. The Balaban J connectivity index is 1.78. The van der Waals surface area contributed by atoms with Crippen LogP contribution in [0.15, 0.2) is 36.5 Å². The minimum absolute atomic E-state index is 0.144. The number of H-pyrrole nitrogens is 1. The second-order valence-electron chi connectivity index (χ2n) is 6.06. The fourth-order valence-corrected chi connectivity index (χ4v) is 3.28. The number of piperidine rings is 1. The van der Waals surface area contributed by atoms with Crippen molar-refractivity contribution in [3.8, 4) is 0 Å². The molecule has 24 heavy (non-hydrogen) atoms. The molecule has 0 bridgehead atoms. The molecular formula is C17H19ClN4O2. The van der Waals surface area contributed by atoms with Gasteiger partial charge in [0.25, 0.3) is 0 Å². The first-order chi connectivity index (χ1) is 11.5. The molecule has 1 atom stereocenters. The summed E-state index contributed by atoms with van der Waals surface area (Å²) >= 11 is 6.18. The van der Waals surface area contributed by atoms with E-state index in [1.54, 1.807) is 17.0 Å². The highest BCUT2D eigenvalue weighted by molar-refractivity contribution is 6.32. The molecule has 2 heterocycles. The van der Waals surface area contributed by atoms with Crippen LogP contribution in [-0.2, 0) is 10.4 Å². The molecule has 1 aromatic heterocycles. The van der Waals surface area contributed by atoms with Crippen LogP contribution < -0.4 is 0 Å². The summed E-state index contributed by atoms with van der Waals surface area (Å²) in [6.45, 7) is 2.66. The third kappa shape index (κ3) is 3.34. The molecule has 0 aliphatic carbocycles. The summed E-state index contributed by atoms with van der Waals surface area (Å²) in [4.78, 5) is 14.2. The number of amides is 1. The minimum Gasteiger partial charge on any atom is -0.382 e. The van der Waals surface area contributed by atoms with Crippen molar-refractivity contribution < 1.29 is 9.90 Å². The van der Waals surface area contributed by atoms with E-state index < -0.39 is 5.60 Å². The van der Waals surface area contributed by atoms with E-state index in [1.165, 1.54) is 6.20 Å². The standard InChI is InChI=1S/C17H19ClN4O2/c1-12(13-5-2-3-6-14(13)18)9-16(23)22-8-4-7-17(24,11-22)15-10-19-21-20-15/h2-3,5-6,9-10,24H,4,7-8,11H2,1H3,(H,19,20,21)/b12-9+. The van der Waals surface area contributed by atoms with Gasteiger partial charge >= 0.3 is 0 Å². The molecule has 0 saturated carbocycles. The second-order valence-corrected chi connectivity index (χ2v) is 6.46. The summed E-state index contributed by atoms with van der Waals surface area (Å²) in [7, 11) is 0. The summed E-state index contributed by atoms with van der Waals surface area (Å²) in [6, 6.07) is 7.41. The van der Waals surface area contributed by atoms with Gasteiger partial charge in [0, 0.05) is 17.6 Å². The van der Waals surface area contributed by atoms with E-state index >= 15 is 0 Å². The van der Waals surface area contributed by atoms with E-state index in [-0.39, 0.29) is 12.5 Å². The molecule has 126 valence electrons. The number of likely N-dealkylation sites (tertiary alicyclic amines) is 1. The third-order valence-electron chi connectivity index (χ3n) is 4.31. The van der Waals surface area contributed by atoms with E-state index in [1.807, 2.05) is 25.1 Å². The highest BCUT2D eigenvalue weighted by atomic mass is 35.5. The first-order valence-electron chi connectivity index (χ1n) is 7.80. The van der Waals surface area contributed by atoms with Gasteiger partial charge in [-0.05, 0) is 37.0 Å². The largest absolute Gasteiger partial charge is 0.382 e. The van der Waals surface area contributed by atoms with Crippen molar-refractivity contribution in [2.75, 3.05) is 13.1 Å². The lowest BCUT2D eigenvalue weighted by molar-refractivity contribution is -0.133. The highest BCUT2D eigenvalue weighted by Gasteiger charge is 2.38. The Hall–Kier alpha value is -2.18. The molecule has 6 nitrogen and oxygen atoms in total. The van der Waals surface area contributed by atoms with E-state index in [0.717, 1.165) is 11.1 Å². The maximum Gasteiger partial charge on any atom is 0.246 e. The first kappa shape index (κ1) is 16.7. The lowest BCUT2D eigenvalue weighted by Crippen LogP contribution is -2.48. The molecule has 2 aromatic rings. The number of aromatic nitrogens is 3. The van der Waals surface area contributed by atoms with Gasteiger partial charge in [0.05, 0.1) is 12.7 Å². The fraction of sp³-hybridized carbons (Fsp3) is 0.353. The van der Waals surface area contributed by atoms with Crippen LogP contribution in [0.1, 0.15) is 31.0 Å². The van der Waals surface area contributed by atoms with Crippen molar-refractivity contribution in [2.24, 2.45) is 0 Å². The van der Waals surface area contributed by atoms with Crippen LogP contribution in [-0.4, -0.2) is 44.4 Å². The topological polar surface area (TPSA) is 82.1 Å². The predicted molar refractivity (Wildman–Crippen MR) is 91.2 cm³/mol. The molecular weight excluding hydrogens is 328 g/mol. The predicted octanol–water partition coefficient (Wildman–Crippen LogP) is 2.37. The summed E-state index contributed by atoms with van der Waals surface area (Å²) in [5.41, 5.74) is 0.928. The number of hydrogen-bond donors (Lipinski definition) is 2. The van der Waals surface area contributed by atoms with E-state index in [2.05, 4.69) is 15.4 Å². The second kappa shape index (κ2) is 6.75. The molecule has 1 fully saturated rings. The molecule has 0 radical (unpaired) electrons. The van der Waals surface area contributed by atoms with Crippen LogP contribution in [0.4, 0.5) is 0 Å². The van der Waals surface area contributed by atoms with Crippen LogP contribution >= 0.6 is 11.6 Å². The summed E-state index contributed by atoms with van der Waals surface area (Å²) in [5.74, 6) is -0.144. The first-order valence-corrected chi connectivity index (χ1v) is 8.18. The fourth-order valence-electron chi connectivity index (χ4n) is 2.99. The zero-order valence-corrected chi connectivity index (χ0v) is 14.1. The number of carbonyl (C=O) groups is 1. The quantitative estimate of drug-likeness (QED) is 0.836. The highest BCUT2D eigenvalue weighted by Crippen LogP contribution is 2.30. The van der Waals surface area contributed by atoms with Crippen LogP contribution in [0.3, 0.4) is 0 Å². The van der Waals surface area contributed by atoms with Gasteiger partial charge in [-0.25, -0.2) is 0 Å².